The van der Waals surface area contributed by atoms with Gasteiger partial charge in [0.2, 0.25) is 0 Å². The average molecular weight is 295 g/mol. The topological polar surface area (TPSA) is 0 Å². The Kier molecular flexibility index (Phi) is 4.84. The van der Waals surface area contributed by atoms with Crippen molar-refractivity contribution in [3.63, 3.8) is 0 Å². The largest absolute Gasteiger partial charge is 0.204 e. The van der Waals surface area contributed by atoms with E-state index < -0.39 is 17.5 Å². The zero-order valence-corrected chi connectivity index (χ0v) is 10.8. The first-order valence-electron chi connectivity index (χ1n) is 5.20. The molecule has 1 atom stereocenters. The van der Waals surface area contributed by atoms with E-state index >= 15 is 0 Å². The Bertz CT molecular complexity index is 364. The van der Waals surface area contributed by atoms with Gasteiger partial charge in [-0.2, -0.15) is 0 Å². The molecule has 0 spiro atoms. The maximum atomic E-state index is 13.3. The van der Waals surface area contributed by atoms with Crippen LogP contribution < -0.4 is 0 Å². The van der Waals surface area contributed by atoms with Crippen molar-refractivity contribution in [2.45, 2.75) is 31.5 Å². The fourth-order valence-corrected chi connectivity index (χ4v) is 1.61. The second-order valence-electron chi connectivity index (χ2n) is 4.13. The summed E-state index contributed by atoms with van der Waals surface area (Å²) in [7, 11) is 0. The Morgan fingerprint density at radius 3 is 2.31 bits per heavy atom. The Morgan fingerprint density at radius 1 is 1.12 bits per heavy atom. The summed E-state index contributed by atoms with van der Waals surface area (Å²) in [4.78, 5) is 0.250. The van der Waals surface area contributed by atoms with Crippen molar-refractivity contribution >= 4 is 15.9 Å². The molecule has 0 radical (unpaired) electrons. The molecule has 0 fully saturated rings. The summed E-state index contributed by atoms with van der Waals surface area (Å²) in [5, 5.41) is 0. The number of rotatable bonds is 4. The van der Waals surface area contributed by atoms with Crippen molar-refractivity contribution in [3.05, 3.63) is 35.1 Å². The number of benzene rings is 1. The first-order valence-corrected chi connectivity index (χ1v) is 6.11. The third kappa shape index (κ3) is 3.24. The summed E-state index contributed by atoms with van der Waals surface area (Å²) < 4.78 is 38.9. The first-order chi connectivity index (χ1) is 7.43. The van der Waals surface area contributed by atoms with Gasteiger partial charge in [0.25, 0.3) is 0 Å². The van der Waals surface area contributed by atoms with Gasteiger partial charge in [-0.25, -0.2) is 13.2 Å². The van der Waals surface area contributed by atoms with Crippen molar-refractivity contribution in [3.8, 4) is 0 Å². The van der Waals surface area contributed by atoms with Crippen molar-refractivity contribution in [1.82, 2.24) is 0 Å². The summed E-state index contributed by atoms with van der Waals surface area (Å²) >= 11 is 3.47. The lowest BCUT2D eigenvalue weighted by molar-refractivity contribution is 0.439. The van der Waals surface area contributed by atoms with E-state index in [-0.39, 0.29) is 10.4 Å². The Labute approximate surface area is 102 Å². The molecule has 4 heteroatoms. The van der Waals surface area contributed by atoms with Crippen molar-refractivity contribution in [2.75, 3.05) is 0 Å². The van der Waals surface area contributed by atoms with Crippen LogP contribution in [0.15, 0.2) is 12.1 Å². The van der Waals surface area contributed by atoms with Crippen LogP contribution in [0.2, 0.25) is 0 Å². The minimum absolute atomic E-state index is 0.226. The molecule has 0 saturated carbocycles. The lowest BCUT2D eigenvalue weighted by Crippen LogP contribution is -2.09. The van der Waals surface area contributed by atoms with E-state index in [1.54, 1.807) is 0 Å². The minimum atomic E-state index is -1.38. The van der Waals surface area contributed by atoms with Gasteiger partial charge in [-0.15, -0.1) is 0 Å². The number of alkyl halides is 1. The van der Waals surface area contributed by atoms with Crippen LogP contribution in [0.1, 0.15) is 25.8 Å². The molecule has 0 aliphatic heterocycles. The SMILES string of the molecule is CC(C)C(Br)CCc1ccc(F)c(F)c1F. The van der Waals surface area contributed by atoms with E-state index in [4.69, 9.17) is 0 Å². The predicted molar refractivity (Wildman–Crippen MR) is 62.2 cm³/mol. The number of halogens is 4. The molecule has 0 aliphatic rings. The molecule has 0 aliphatic carbocycles. The number of hydrogen-bond donors (Lipinski definition) is 0. The van der Waals surface area contributed by atoms with E-state index in [1.165, 1.54) is 6.07 Å². The van der Waals surface area contributed by atoms with Gasteiger partial charge >= 0.3 is 0 Å². The zero-order valence-electron chi connectivity index (χ0n) is 9.24. The van der Waals surface area contributed by atoms with Crippen LogP contribution in [0.5, 0.6) is 0 Å². The molecule has 0 N–H and O–H groups in total. The molecule has 1 rings (SSSR count). The van der Waals surface area contributed by atoms with Gasteiger partial charge in [-0.05, 0) is 30.4 Å². The van der Waals surface area contributed by atoms with Crippen molar-refractivity contribution in [1.29, 1.82) is 0 Å². The lowest BCUT2D eigenvalue weighted by atomic mass is 10.0. The van der Waals surface area contributed by atoms with E-state index in [0.29, 0.717) is 18.8 Å². The summed E-state index contributed by atoms with van der Waals surface area (Å²) in [6.07, 6.45) is 1.09. The highest BCUT2D eigenvalue weighted by Gasteiger charge is 2.15. The summed E-state index contributed by atoms with van der Waals surface area (Å²) in [5.41, 5.74) is 0.226. The van der Waals surface area contributed by atoms with Crippen LogP contribution in [0.25, 0.3) is 0 Å². The van der Waals surface area contributed by atoms with E-state index in [1.807, 2.05) is 13.8 Å². The molecule has 90 valence electrons. The molecule has 0 amide bonds. The maximum absolute atomic E-state index is 13.3. The van der Waals surface area contributed by atoms with Crippen LogP contribution in [0, 0.1) is 23.4 Å². The Balaban J connectivity index is 2.72. The van der Waals surface area contributed by atoms with E-state index in [2.05, 4.69) is 15.9 Å². The van der Waals surface area contributed by atoms with Gasteiger partial charge in [0, 0.05) is 4.83 Å². The Morgan fingerprint density at radius 2 is 1.75 bits per heavy atom. The molecule has 1 aromatic carbocycles. The molecule has 1 aromatic rings. The molecule has 0 aromatic heterocycles. The fourth-order valence-electron chi connectivity index (χ4n) is 1.39. The summed E-state index contributed by atoms with van der Waals surface area (Å²) in [5.74, 6) is -3.16. The van der Waals surface area contributed by atoms with Gasteiger partial charge in [0.1, 0.15) is 0 Å². The predicted octanol–water partition coefficient (Wildman–Crippen LogP) is 4.46. The van der Waals surface area contributed by atoms with Gasteiger partial charge in [0.15, 0.2) is 17.5 Å². The normalized spacial score (nSPS) is 13.2. The monoisotopic (exact) mass is 294 g/mol. The molecule has 0 saturated heterocycles. The summed E-state index contributed by atoms with van der Waals surface area (Å²) in [6.45, 7) is 4.09. The number of aryl methyl sites for hydroxylation is 1. The molecule has 1 unspecified atom stereocenters. The van der Waals surface area contributed by atoms with Crippen LogP contribution >= 0.6 is 15.9 Å². The van der Waals surface area contributed by atoms with Gasteiger partial charge in [0.05, 0.1) is 0 Å². The second-order valence-corrected chi connectivity index (χ2v) is 5.31. The molecule has 16 heavy (non-hydrogen) atoms. The second kappa shape index (κ2) is 5.71. The highest BCUT2D eigenvalue weighted by atomic mass is 79.9. The van der Waals surface area contributed by atoms with Crippen LogP contribution in [-0.2, 0) is 6.42 Å². The van der Waals surface area contributed by atoms with Crippen molar-refractivity contribution in [2.24, 2.45) is 5.92 Å². The lowest BCUT2D eigenvalue weighted by Gasteiger charge is -2.13. The van der Waals surface area contributed by atoms with Crippen LogP contribution in [0.4, 0.5) is 13.2 Å². The van der Waals surface area contributed by atoms with E-state index in [0.717, 1.165) is 6.07 Å². The molecule has 0 heterocycles. The molecular weight excluding hydrogens is 281 g/mol. The third-order valence-corrected chi connectivity index (χ3v) is 4.04. The number of hydrogen-bond acceptors (Lipinski definition) is 0. The quantitative estimate of drug-likeness (QED) is 0.568. The standard InChI is InChI=1S/C12H14BrF3/c1-7(2)9(13)5-3-8-4-6-10(14)12(16)11(8)15/h4,6-7,9H,3,5H2,1-2H3. The smallest absolute Gasteiger partial charge is 0.194 e. The van der Waals surface area contributed by atoms with E-state index in [9.17, 15) is 13.2 Å². The Hall–Kier alpha value is -0.510. The summed E-state index contributed by atoms with van der Waals surface area (Å²) in [6, 6.07) is 2.26. The van der Waals surface area contributed by atoms with Crippen LogP contribution in [-0.4, -0.2) is 4.83 Å². The zero-order chi connectivity index (χ0) is 12.3. The maximum Gasteiger partial charge on any atom is 0.194 e. The molecular formula is C12H14BrF3. The third-order valence-electron chi connectivity index (χ3n) is 2.53. The van der Waals surface area contributed by atoms with Gasteiger partial charge in [-0.3, -0.25) is 0 Å². The van der Waals surface area contributed by atoms with Crippen molar-refractivity contribution < 1.29 is 13.2 Å². The first kappa shape index (κ1) is 13.6. The van der Waals surface area contributed by atoms with Gasteiger partial charge < -0.3 is 0 Å². The molecule has 0 nitrogen and oxygen atoms in total. The highest BCUT2D eigenvalue weighted by molar-refractivity contribution is 9.09. The highest BCUT2D eigenvalue weighted by Crippen LogP contribution is 2.21. The fraction of sp³-hybridized carbons (Fsp3) is 0.500. The minimum Gasteiger partial charge on any atom is -0.204 e. The van der Waals surface area contributed by atoms with Gasteiger partial charge in [-0.1, -0.05) is 35.8 Å². The average Bonchev–Trinajstić information content (AvgIpc) is 2.24. The molecule has 0 bridgehead atoms. The van der Waals surface area contributed by atoms with Crippen LogP contribution in [0.3, 0.4) is 0 Å².